The first-order valence-corrected chi connectivity index (χ1v) is 8.28. The van der Waals surface area contributed by atoms with Crippen LogP contribution in [0.3, 0.4) is 0 Å². The molecular weight excluding hydrogens is 336 g/mol. The van der Waals surface area contributed by atoms with Gasteiger partial charge in [-0.05, 0) is 46.5 Å². The van der Waals surface area contributed by atoms with E-state index >= 15 is 0 Å². The molecule has 0 atom stereocenters. The molecule has 1 nitrogen and oxygen atoms in total. The van der Waals surface area contributed by atoms with Gasteiger partial charge >= 0.3 is 0 Å². The zero-order valence-electron chi connectivity index (χ0n) is 11.9. The number of fused-ring (bicyclic) bond motifs is 5. The number of hydrogen-bond acceptors (Lipinski definition) is 1. The Morgan fingerprint density at radius 3 is 2.77 bits per heavy atom. The summed E-state index contributed by atoms with van der Waals surface area (Å²) in [5.41, 5.74) is 5.37. The zero-order valence-corrected chi connectivity index (χ0v) is 13.5. The van der Waals surface area contributed by atoms with Crippen molar-refractivity contribution in [2.75, 3.05) is 0 Å². The van der Waals surface area contributed by atoms with Crippen LogP contribution in [0.2, 0.25) is 0 Å². The smallest absolute Gasteiger partial charge is 0.134 e. The van der Waals surface area contributed by atoms with Crippen LogP contribution in [0.5, 0.6) is 5.75 Å². The third-order valence-electron chi connectivity index (χ3n) is 4.64. The number of ether oxygens (including phenoxy) is 1. The van der Waals surface area contributed by atoms with Crippen molar-refractivity contribution in [1.82, 2.24) is 0 Å². The molecule has 2 aliphatic rings. The minimum absolute atomic E-state index is 0.984. The van der Waals surface area contributed by atoms with E-state index in [0.717, 1.165) is 28.8 Å². The molecule has 22 heavy (non-hydrogen) atoms. The molecule has 0 bridgehead atoms. The fraction of sp³-hybridized carbons (Fsp3) is 0.100. The Labute approximate surface area is 137 Å². The van der Waals surface area contributed by atoms with Crippen molar-refractivity contribution in [3.05, 3.63) is 81.3 Å². The summed E-state index contributed by atoms with van der Waals surface area (Å²) < 4.78 is 7.40. The monoisotopic (exact) mass is 348 g/mol. The van der Waals surface area contributed by atoms with Crippen molar-refractivity contribution in [2.45, 2.75) is 12.8 Å². The van der Waals surface area contributed by atoms with Gasteiger partial charge in [0.25, 0.3) is 0 Å². The maximum absolute atomic E-state index is 6.29. The van der Waals surface area contributed by atoms with Gasteiger partial charge in [0.1, 0.15) is 11.5 Å². The number of benzene rings is 3. The average molecular weight is 349 g/mol. The van der Waals surface area contributed by atoms with Crippen LogP contribution >= 0.6 is 15.9 Å². The molecule has 0 saturated carbocycles. The van der Waals surface area contributed by atoms with E-state index in [-0.39, 0.29) is 0 Å². The lowest BCUT2D eigenvalue weighted by Gasteiger charge is -2.21. The van der Waals surface area contributed by atoms with Gasteiger partial charge in [0.05, 0.1) is 0 Å². The Kier molecular flexibility index (Phi) is 2.53. The Hall–Kier alpha value is -2.06. The maximum atomic E-state index is 6.29. The van der Waals surface area contributed by atoms with E-state index < -0.39 is 0 Å². The van der Waals surface area contributed by atoms with Crippen molar-refractivity contribution in [1.29, 1.82) is 0 Å². The first-order chi connectivity index (χ1) is 10.8. The predicted octanol–water partition coefficient (Wildman–Crippen LogP) is 5.50. The van der Waals surface area contributed by atoms with Crippen LogP contribution in [-0.2, 0) is 12.8 Å². The van der Waals surface area contributed by atoms with Gasteiger partial charge in [0.2, 0.25) is 0 Å². The minimum Gasteiger partial charge on any atom is -0.456 e. The van der Waals surface area contributed by atoms with Crippen molar-refractivity contribution in [3.8, 4) is 5.75 Å². The van der Waals surface area contributed by atoms with E-state index in [2.05, 4.69) is 70.5 Å². The lowest BCUT2D eigenvalue weighted by molar-refractivity contribution is 0.495. The molecule has 106 valence electrons. The summed E-state index contributed by atoms with van der Waals surface area (Å²) in [6.07, 6.45) is 2.00. The normalized spacial score (nSPS) is 15.3. The van der Waals surface area contributed by atoms with E-state index in [4.69, 9.17) is 4.74 Å². The van der Waals surface area contributed by atoms with Crippen molar-refractivity contribution < 1.29 is 4.74 Å². The van der Waals surface area contributed by atoms with Gasteiger partial charge in [0, 0.05) is 22.0 Å². The molecule has 2 heteroatoms. The predicted molar refractivity (Wildman–Crippen MR) is 93.0 cm³/mol. The molecule has 3 aromatic rings. The second-order valence-corrected chi connectivity index (χ2v) is 6.87. The van der Waals surface area contributed by atoms with Crippen LogP contribution in [0.1, 0.15) is 16.7 Å². The van der Waals surface area contributed by atoms with Gasteiger partial charge in [-0.25, -0.2) is 0 Å². The Morgan fingerprint density at radius 1 is 0.909 bits per heavy atom. The van der Waals surface area contributed by atoms with Crippen molar-refractivity contribution in [2.24, 2.45) is 0 Å². The second-order valence-electron chi connectivity index (χ2n) is 5.95. The Bertz CT molecular complexity index is 969. The molecule has 5 rings (SSSR count). The number of rotatable bonds is 0. The fourth-order valence-corrected chi connectivity index (χ4v) is 3.99. The van der Waals surface area contributed by atoms with Crippen LogP contribution in [0.4, 0.5) is 0 Å². The standard InChI is InChI=1S/C20H13BrO/c21-15-6-7-16-13(10-15)5-8-19-18(16)11-14-9-12-3-1-2-4-17(12)20(14)22-19/h1-8,10H,9,11H2. The molecule has 0 fully saturated rings. The first-order valence-electron chi connectivity index (χ1n) is 7.49. The molecule has 0 N–H and O–H groups in total. The molecule has 3 aromatic carbocycles. The second kappa shape index (κ2) is 4.47. The summed E-state index contributed by atoms with van der Waals surface area (Å²) in [6, 6.07) is 19.3. The topological polar surface area (TPSA) is 9.23 Å². The van der Waals surface area contributed by atoms with E-state index in [1.54, 1.807) is 0 Å². The average Bonchev–Trinajstić information content (AvgIpc) is 2.90. The summed E-state index contributed by atoms with van der Waals surface area (Å²) in [5, 5.41) is 2.56. The third kappa shape index (κ3) is 1.71. The van der Waals surface area contributed by atoms with Crippen molar-refractivity contribution >= 4 is 32.5 Å². The molecule has 0 saturated heterocycles. The highest BCUT2D eigenvalue weighted by Crippen LogP contribution is 2.44. The zero-order chi connectivity index (χ0) is 14.7. The fourth-order valence-electron chi connectivity index (χ4n) is 3.61. The highest BCUT2D eigenvalue weighted by atomic mass is 79.9. The van der Waals surface area contributed by atoms with Crippen LogP contribution in [0.15, 0.2) is 64.6 Å². The summed E-state index contributed by atoms with van der Waals surface area (Å²) in [5.74, 6) is 2.09. The molecule has 1 aliphatic heterocycles. The van der Waals surface area contributed by atoms with Crippen LogP contribution in [0.25, 0.3) is 16.5 Å². The highest BCUT2D eigenvalue weighted by molar-refractivity contribution is 9.10. The number of hydrogen-bond donors (Lipinski definition) is 0. The van der Waals surface area contributed by atoms with E-state index in [9.17, 15) is 0 Å². The van der Waals surface area contributed by atoms with Crippen molar-refractivity contribution in [3.63, 3.8) is 0 Å². The molecule has 0 spiro atoms. The van der Waals surface area contributed by atoms with Crippen LogP contribution < -0.4 is 4.74 Å². The largest absolute Gasteiger partial charge is 0.456 e. The lowest BCUT2D eigenvalue weighted by Crippen LogP contribution is -2.07. The molecule has 0 aromatic heterocycles. The first kappa shape index (κ1) is 12.5. The maximum Gasteiger partial charge on any atom is 0.134 e. The molecule has 0 amide bonds. The molecule has 1 aliphatic carbocycles. The van der Waals surface area contributed by atoms with Gasteiger partial charge in [0.15, 0.2) is 0 Å². The highest BCUT2D eigenvalue weighted by Gasteiger charge is 2.28. The molecule has 0 radical (unpaired) electrons. The Morgan fingerprint density at radius 2 is 1.82 bits per heavy atom. The van der Waals surface area contributed by atoms with E-state index in [1.165, 1.54) is 33.0 Å². The molecule has 1 heterocycles. The number of allylic oxidation sites excluding steroid dienone is 1. The summed E-state index contributed by atoms with van der Waals surface area (Å²) in [6.45, 7) is 0. The summed E-state index contributed by atoms with van der Waals surface area (Å²) >= 11 is 3.55. The quantitative estimate of drug-likeness (QED) is 0.520. The van der Waals surface area contributed by atoms with Gasteiger partial charge in [-0.3, -0.25) is 0 Å². The number of halogens is 1. The van der Waals surface area contributed by atoms with Gasteiger partial charge in [-0.1, -0.05) is 52.3 Å². The Balaban J connectivity index is 1.68. The van der Waals surface area contributed by atoms with Gasteiger partial charge < -0.3 is 4.74 Å². The SMILES string of the molecule is Brc1ccc2c3c(ccc2c1)OC1=C(Cc2ccccc21)C3. The van der Waals surface area contributed by atoms with Gasteiger partial charge in [-0.2, -0.15) is 0 Å². The van der Waals surface area contributed by atoms with Crippen LogP contribution in [-0.4, -0.2) is 0 Å². The minimum atomic E-state index is 0.984. The van der Waals surface area contributed by atoms with E-state index in [0.29, 0.717) is 0 Å². The van der Waals surface area contributed by atoms with Gasteiger partial charge in [-0.15, -0.1) is 0 Å². The molecule has 0 unspecified atom stereocenters. The summed E-state index contributed by atoms with van der Waals surface area (Å²) in [4.78, 5) is 0. The van der Waals surface area contributed by atoms with Crippen LogP contribution in [0, 0.1) is 0 Å². The third-order valence-corrected chi connectivity index (χ3v) is 5.13. The molecular formula is C20H13BrO. The van der Waals surface area contributed by atoms with E-state index in [1.807, 2.05) is 0 Å². The summed E-state index contributed by atoms with van der Waals surface area (Å²) in [7, 11) is 0. The lowest BCUT2D eigenvalue weighted by atomic mass is 9.95.